The van der Waals surface area contributed by atoms with Gasteiger partial charge < -0.3 is 18.9 Å². The highest BCUT2D eigenvalue weighted by atomic mass is 16.5. The summed E-state index contributed by atoms with van der Waals surface area (Å²) >= 11 is 0. The zero-order valence-corrected chi connectivity index (χ0v) is 18.1. The number of nitrogens with zero attached hydrogens (tertiary/aromatic N) is 3. The van der Waals surface area contributed by atoms with Crippen LogP contribution in [0.2, 0.25) is 0 Å². The highest BCUT2D eigenvalue weighted by Crippen LogP contribution is 2.21. The number of imidazole rings is 1. The molecule has 160 valence electrons. The summed E-state index contributed by atoms with van der Waals surface area (Å²) in [7, 11) is 1.68. The van der Waals surface area contributed by atoms with Gasteiger partial charge in [0.1, 0.15) is 23.9 Å². The van der Waals surface area contributed by atoms with Crippen molar-refractivity contribution in [1.29, 1.82) is 0 Å². The van der Waals surface area contributed by atoms with Crippen LogP contribution in [0.1, 0.15) is 37.9 Å². The number of benzene rings is 2. The standard InChI is InChI=1S/C25H33N3O2/c1-29-21-10-8-11-22(20-21)30-19-18-28-24-13-5-4-12-23(24)26-25(28)14-9-17-27-15-6-2-3-7-16-27/h4-5,8,10-13,20H,2-3,6-7,9,14-19H2,1H3. The van der Waals surface area contributed by atoms with Crippen LogP contribution in [0.15, 0.2) is 48.5 Å². The van der Waals surface area contributed by atoms with Crippen LogP contribution in [0.25, 0.3) is 11.0 Å². The Balaban J connectivity index is 1.39. The molecule has 3 aromatic rings. The van der Waals surface area contributed by atoms with E-state index in [0.29, 0.717) is 6.61 Å². The second kappa shape index (κ2) is 10.5. The van der Waals surface area contributed by atoms with Gasteiger partial charge in [-0.2, -0.15) is 0 Å². The molecular weight excluding hydrogens is 374 g/mol. The van der Waals surface area contributed by atoms with Crippen LogP contribution < -0.4 is 9.47 Å². The lowest BCUT2D eigenvalue weighted by Gasteiger charge is -2.19. The Kier molecular flexibility index (Phi) is 7.25. The number of ether oxygens (including phenoxy) is 2. The summed E-state index contributed by atoms with van der Waals surface area (Å²) in [4.78, 5) is 7.57. The average molecular weight is 408 g/mol. The summed E-state index contributed by atoms with van der Waals surface area (Å²) in [6, 6.07) is 16.2. The molecule has 1 saturated heterocycles. The number of hydrogen-bond donors (Lipinski definition) is 0. The first-order chi connectivity index (χ1) is 14.8. The average Bonchev–Trinajstić information content (AvgIpc) is 2.94. The number of aryl methyl sites for hydroxylation is 1. The Morgan fingerprint density at radius 1 is 0.900 bits per heavy atom. The Morgan fingerprint density at radius 3 is 2.53 bits per heavy atom. The minimum atomic E-state index is 0.604. The van der Waals surface area contributed by atoms with Gasteiger partial charge in [0.15, 0.2) is 0 Å². The van der Waals surface area contributed by atoms with E-state index in [9.17, 15) is 0 Å². The minimum absolute atomic E-state index is 0.604. The molecule has 4 rings (SSSR count). The van der Waals surface area contributed by atoms with Crippen molar-refractivity contribution in [2.75, 3.05) is 33.4 Å². The quantitative estimate of drug-likeness (QED) is 0.504. The van der Waals surface area contributed by atoms with Crippen LogP contribution in [0.3, 0.4) is 0 Å². The number of rotatable bonds is 9. The van der Waals surface area contributed by atoms with E-state index in [2.05, 4.69) is 33.7 Å². The molecule has 1 fully saturated rings. The molecular formula is C25H33N3O2. The van der Waals surface area contributed by atoms with Crippen LogP contribution in [0.5, 0.6) is 11.5 Å². The Hall–Kier alpha value is -2.53. The van der Waals surface area contributed by atoms with E-state index in [1.54, 1.807) is 7.11 Å². The molecule has 2 aromatic carbocycles. The largest absolute Gasteiger partial charge is 0.497 e. The van der Waals surface area contributed by atoms with E-state index in [1.807, 2.05) is 24.3 Å². The normalized spacial score (nSPS) is 15.2. The molecule has 0 saturated carbocycles. The van der Waals surface area contributed by atoms with Gasteiger partial charge in [0.2, 0.25) is 0 Å². The molecule has 0 spiro atoms. The van der Waals surface area contributed by atoms with Gasteiger partial charge in [0.25, 0.3) is 0 Å². The fraction of sp³-hybridized carbons (Fsp3) is 0.480. The molecule has 2 heterocycles. The second-order valence-electron chi connectivity index (χ2n) is 8.06. The highest BCUT2D eigenvalue weighted by Gasteiger charge is 2.13. The predicted octanol–water partition coefficient (Wildman–Crippen LogP) is 4.93. The number of hydrogen-bond acceptors (Lipinski definition) is 4. The molecule has 5 heteroatoms. The van der Waals surface area contributed by atoms with Gasteiger partial charge in [-0.25, -0.2) is 4.98 Å². The van der Waals surface area contributed by atoms with Gasteiger partial charge >= 0.3 is 0 Å². The second-order valence-corrected chi connectivity index (χ2v) is 8.06. The molecule has 1 aliphatic heterocycles. The van der Waals surface area contributed by atoms with E-state index >= 15 is 0 Å². The lowest BCUT2D eigenvalue weighted by atomic mass is 10.2. The van der Waals surface area contributed by atoms with Crippen LogP contribution in [-0.2, 0) is 13.0 Å². The molecule has 30 heavy (non-hydrogen) atoms. The molecule has 0 atom stereocenters. The van der Waals surface area contributed by atoms with Crippen molar-refractivity contribution in [2.24, 2.45) is 0 Å². The Bertz CT molecular complexity index is 929. The van der Waals surface area contributed by atoms with Gasteiger partial charge in [-0.15, -0.1) is 0 Å². The van der Waals surface area contributed by atoms with E-state index in [4.69, 9.17) is 14.5 Å². The van der Waals surface area contributed by atoms with Gasteiger partial charge in [0, 0.05) is 12.5 Å². The molecule has 0 bridgehead atoms. The first-order valence-corrected chi connectivity index (χ1v) is 11.3. The van der Waals surface area contributed by atoms with Crippen molar-refractivity contribution in [3.05, 3.63) is 54.4 Å². The van der Waals surface area contributed by atoms with Crippen molar-refractivity contribution in [2.45, 2.75) is 45.1 Å². The van der Waals surface area contributed by atoms with E-state index in [0.717, 1.165) is 36.4 Å². The summed E-state index contributed by atoms with van der Waals surface area (Å²) in [5, 5.41) is 0. The molecule has 1 aliphatic rings. The summed E-state index contributed by atoms with van der Waals surface area (Å²) in [6.07, 6.45) is 7.63. The van der Waals surface area contributed by atoms with Crippen molar-refractivity contribution in [1.82, 2.24) is 14.5 Å². The third-order valence-corrected chi connectivity index (χ3v) is 5.93. The van der Waals surface area contributed by atoms with Gasteiger partial charge in [-0.3, -0.25) is 0 Å². The third-order valence-electron chi connectivity index (χ3n) is 5.93. The maximum Gasteiger partial charge on any atom is 0.123 e. The summed E-state index contributed by atoms with van der Waals surface area (Å²) in [5.74, 6) is 2.82. The minimum Gasteiger partial charge on any atom is -0.497 e. The first kappa shape index (κ1) is 20.7. The van der Waals surface area contributed by atoms with Crippen molar-refractivity contribution in [3.63, 3.8) is 0 Å². The summed E-state index contributed by atoms with van der Waals surface area (Å²) in [5.41, 5.74) is 2.26. The zero-order valence-electron chi connectivity index (χ0n) is 18.1. The topological polar surface area (TPSA) is 39.5 Å². The van der Waals surface area contributed by atoms with E-state index in [-0.39, 0.29) is 0 Å². The Morgan fingerprint density at radius 2 is 1.70 bits per heavy atom. The molecule has 0 unspecified atom stereocenters. The highest BCUT2D eigenvalue weighted by molar-refractivity contribution is 5.75. The molecule has 0 amide bonds. The van der Waals surface area contributed by atoms with Crippen molar-refractivity contribution >= 4 is 11.0 Å². The van der Waals surface area contributed by atoms with Crippen molar-refractivity contribution < 1.29 is 9.47 Å². The number of fused-ring (bicyclic) bond motifs is 1. The lowest BCUT2D eigenvalue weighted by molar-refractivity contribution is 0.278. The SMILES string of the molecule is COc1cccc(OCCn2c(CCCN3CCCCCC3)nc3ccccc32)c1. The van der Waals surface area contributed by atoms with E-state index in [1.165, 1.54) is 56.7 Å². The molecule has 0 aliphatic carbocycles. The number of para-hydroxylation sites is 2. The Labute approximate surface area is 179 Å². The zero-order chi connectivity index (χ0) is 20.6. The van der Waals surface area contributed by atoms with Crippen LogP contribution >= 0.6 is 0 Å². The third kappa shape index (κ3) is 5.33. The molecule has 0 N–H and O–H groups in total. The maximum atomic E-state index is 6.00. The smallest absolute Gasteiger partial charge is 0.123 e. The molecule has 1 aromatic heterocycles. The van der Waals surface area contributed by atoms with Crippen LogP contribution in [-0.4, -0.2) is 47.8 Å². The first-order valence-electron chi connectivity index (χ1n) is 11.3. The number of methoxy groups -OCH3 is 1. The van der Waals surface area contributed by atoms with Gasteiger partial charge in [0.05, 0.1) is 24.7 Å². The summed E-state index contributed by atoms with van der Waals surface area (Å²) in [6.45, 7) is 5.07. The van der Waals surface area contributed by atoms with Gasteiger partial charge in [-0.1, -0.05) is 31.0 Å². The van der Waals surface area contributed by atoms with Crippen LogP contribution in [0.4, 0.5) is 0 Å². The maximum absolute atomic E-state index is 6.00. The summed E-state index contributed by atoms with van der Waals surface area (Å²) < 4.78 is 13.6. The fourth-order valence-electron chi connectivity index (χ4n) is 4.33. The predicted molar refractivity (Wildman–Crippen MR) is 121 cm³/mol. The molecule has 5 nitrogen and oxygen atoms in total. The lowest BCUT2D eigenvalue weighted by Crippen LogP contribution is -2.26. The van der Waals surface area contributed by atoms with Crippen molar-refractivity contribution in [3.8, 4) is 11.5 Å². The number of likely N-dealkylation sites (tertiary alicyclic amines) is 1. The number of aromatic nitrogens is 2. The van der Waals surface area contributed by atoms with Gasteiger partial charge in [-0.05, 0) is 63.2 Å². The van der Waals surface area contributed by atoms with E-state index < -0.39 is 0 Å². The van der Waals surface area contributed by atoms with Crippen LogP contribution in [0, 0.1) is 0 Å². The molecule has 0 radical (unpaired) electrons. The monoisotopic (exact) mass is 407 g/mol. The fourth-order valence-corrected chi connectivity index (χ4v) is 4.33.